The molecule has 1 fully saturated rings. The van der Waals surface area contributed by atoms with Gasteiger partial charge >= 0.3 is 0 Å². The van der Waals surface area contributed by atoms with Gasteiger partial charge in [0.15, 0.2) is 11.6 Å². The largest absolute Gasteiger partial charge is 0.335 e. The third-order valence-electron chi connectivity index (χ3n) is 5.36. The van der Waals surface area contributed by atoms with Gasteiger partial charge in [-0.25, -0.2) is 17.2 Å². The van der Waals surface area contributed by atoms with Gasteiger partial charge in [0.1, 0.15) is 0 Å². The fraction of sp³-hybridized carbons (Fsp3) is 0.381. The molecule has 0 aliphatic carbocycles. The number of rotatable bonds is 5. The van der Waals surface area contributed by atoms with Crippen molar-refractivity contribution in [3.63, 3.8) is 0 Å². The lowest BCUT2D eigenvalue weighted by Crippen LogP contribution is -2.35. The van der Waals surface area contributed by atoms with E-state index in [4.69, 9.17) is 0 Å². The topological polar surface area (TPSA) is 57.7 Å². The first-order valence-electron chi connectivity index (χ1n) is 9.54. The minimum atomic E-state index is -3.66. The molecule has 1 aliphatic heterocycles. The van der Waals surface area contributed by atoms with E-state index >= 15 is 0 Å². The summed E-state index contributed by atoms with van der Waals surface area (Å²) in [5, 5.41) is 0. The number of piperidine rings is 1. The van der Waals surface area contributed by atoms with E-state index in [2.05, 4.69) is 0 Å². The summed E-state index contributed by atoms with van der Waals surface area (Å²) in [5.74, 6) is -2.34. The van der Waals surface area contributed by atoms with Crippen molar-refractivity contribution in [2.75, 3.05) is 20.1 Å². The van der Waals surface area contributed by atoms with E-state index in [0.717, 1.165) is 31.4 Å². The Morgan fingerprint density at radius 3 is 2.38 bits per heavy atom. The quantitative estimate of drug-likeness (QED) is 0.733. The predicted octanol–water partition coefficient (Wildman–Crippen LogP) is 3.97. The van der Waals surface area contributed by atoms with Crippen molar-refractivity contribution in [1.82, 2.24) is 9.21 Å². The number of sulfonamides is 1. The van der Waals surface area contributed by atoms with E-state index in [0.29, 0.717) is 18.7 Å². The molecule has 156 valence electrons. The zero-order valence-corrected chi connectivity index (χ0v) is 17.3. The van der Waals surface area contributed by atoms with Gasteiger partial charge in [-0.1, -0.05) is 18.6 Å². The molecule has 2 aromatic carbocycles. The third-order valence-corrected chi connectivity index (χ3v) is 7.26. The van der Waals surface area contributed by atoms with Gasteiger partial charge in [0, 0.05) is 25.7 Å². The van der Waals surface area contributed by atoms with Crippen LogP contribution in [0.15, 0.2) is 47.4 Å². The van der Waals surface area contributed by atoms with Crippen LogP contribution < -0.4 is 0 Å². The van der Waals surface area contributed by atoms with E-state index in [1.165, 1.54) is 27.4 Å². The van der Waals surface area contributed by atoms with Crippen LogP contribution in [-0.4, -0.2) is 43.7 Å². The Kier molecular flexibility index (Phi) is 6.33. The zero-order valence-electron chi connectivity index (χ0n) is 16.4. The molecule has 1 atom stereocenters. The van der Waals surface area contributed by atoms with Crippen molar-refractivity contribution < 1.29 is 22.0 Å². The maximum absolute atomic E-state index is 13.5. The molecular weight excluding hydrogens is 398 g/mol. The molecule has 1 saturated heterocycles. The van der Waals surface area contributed by atoms with Crippen LogP contribution in [0.2, 0.25) is 0 Å². The van der Waals surface area contributed by atoms with Crippen LogP contribution in [0.3, 0.4) is 0 Å². The maximum Gasteiger partial charge on any atom is 0.254 e. The molecule has 1 heterocycles. The molecule has 8 heteroatoms. The van der Waals surface area contributed by atoms with Crippen LogP contribution >= 0.6 is 0 Å². The minimum Gasteiger partial charge on any atom is -0.335 e. The van der Waals surface area contributed by atoms with Gasteiger partial charge < -0.3 is 4.90 Å². The number of nitrogens with zero attached hydrogens (tertiary/aromatic N) is 2. The highest BCUT2D eigenvalue weighted by molar-refractivity contribution is 7.89. The highest BCUT2D eigenvalue weighted by Gasteiger charge is 2.27. The number of carbonyl (C=O) groups is 1. The second kappa shape index (κ2) is 8.59. The first-order valence-corrected chi connectivity index (χ1v) is 11.0. The van der Waals surface area contributed by atoms with Crippen LogP contribution in [0.5, 0.6) is 0 Å². The second-order valence-electron chi connectivity index (χ2n) is 7.26. The van der Waals surface area contributed by atoms with E-state index < -0.39 is 33.6 Å². The van der Waals surface area contributed by atoms with Gasteiger partial charge in [0.2, 0.25) is 10.0 Å². The molecule has 1 amide bonds. The smallest absolute Gasteiger partial charge is 0.254 e. The molecule has 0 radical (unpaired) electrons. The number of carbonyl (C=O) groups excluding carboxylic acids is 1. The van der Waals surface area contributed by atoms with Gasteiger partial charge in [-0.05, 0) is 55.7 Å². The highest BCUT2D eigenvalue weighted by atomic mass is 32.2. The van der Waals surface area contributed by atoms with Gasteiger partial charge in [0.25, 0.3) is 5.91 Å². The molecule has 0 spiro atoms. The van der Waals surface area contributed by atoms with Crippen LogP contribution in [0.1, 0.15) is 48.1 Å². The lowest BCUT2D eigenvalue weighted by Gasteiger charge is -2.27. The molecule has 2 aromatic rings. The number of hydrogen-bond donors (Lipinski definition) is 0. The Morgan fingerprint density at radius 1 is 1.03 bits per heavy atom. The fourth-order valence-corrected chi connectivity index (χ4v) is 4.98. The highest BCUT2D eigenvalue weighted by Crippen LogP contribution is 2.25. The number of halogens is 2. The molecule has 29 heavy (non-hydrogen) atoms. The molecular formula is C21H24F2N2O3S. The monoisotopic (exact) mass is 422 g/mol. The van der Waals surface area contributed by atoms with Crippen molar-refractivity contribution in [1.29, 1.82) is 0 Å². The summed E-state index contributed by atoms with van der Waals surface area (Å²) in [6.45, 7) is 2.65. The fourth-order valence-electron chi connectivity index (χ4n) is 3.42. The van der Waals surface area contributed by atoms with Crippen molar-refractivity contribution in [2.24, 2.45) is 0 Å². The number of amides is 1. The molecule has 0 aromatic heterocycles. The van der Waals surface area contributed by atoms with Gasteiger partial charge in [-0.3, -0.25) is 4.79 Å². The normalized spacial score (nSPS) is 16.4. The number of hydrogen-bond acceptors (Lipinski definition) is 3. The summed E-state index contributed by atoms with van der Waals surface area (Å²) in [6, 6.07) is 8.92. The molecule has 3 rings (SSSR count). The Balaban J connectivity index is 1.83. The molecule has 5 nitrogen and oxygen atoms in total. The first kappa shape index (κ1) is 21.4. The van der Waals surface area contributed by atoms with E-state index in [-0.39, 0.29) is 10.5 Å². The summed E-state index contributed by atoms with van der Waals surface area (Å²) in [6.07, 6.45) is 2.66. The lowest BCUT2D eigenvalue weighted by atomic mass is 10.1. The van der Waals surface area contributed by atoms with Crippen molar-refractivity contribution in [3.05, 3.63) is 65.2 Å². The standard InChI is InChI=1S/C21H24F2N2O3S/c1-15(16-9-10-19(22)20(23)14-16)24(2)21(26)17-7-6-8-18(13-17)29(27,28)25-11-4-3-5-12-25/h6-10,13-15H,3-5,11-12H2,1-2H3. The first-order chi connectivity index (χ1) is 13.7. The van der Waals surface area contributed by atoms with Crippen LogP contribution in [-0.2, 0) is 10.0 Å². The lowest BCUT2D eigenvalue weighted by molar-refractivity contribution is 0.0742. The molecule has 1 aliphatic rings. The summed E-state index contributed by atoms with van der Waals surface area (Å²) >= 11 is 0. The maximum atomic E-state index is 13.5. The van der Waals surface area contributed by atoms with E-state index in [9.17, 15) is 22.0 Å². The Labute approximate surface area is 170 Å². The summed E-state index contributed by atoms with van der Waals surface area (Å²) in [4.78, 5) is 14.4. The van der Waals surface area contributed by atoms with Crippen LogP contribution in [0, 0.1) is 11.6 Å². The Morgan fingerprint density at radius 2 is 1.72 bits per heavy atom. The molecule has 0 saturated carbocycles. The van der Waals surface area contributed by atoms with Crippen molar-refractivity contribution in [3.8, 4) is 0 Å². The minimum absolute atomic E-state index is 0.0825. The second-order valence-corrected chi connectivity index (χ2v) is 9.20. The molecule has 0 N–H and O–H groups in total. The summed E-state index contributed by atoms with van der Waals surface area (Å²) in [5.41, 5.74) is 0.664. The summed E-state index contributed by atoms with van der Waals surface area (Å²) in [7, 11) is -2.11. The molecule has 0 bridgehead atoms. The van der Waals surface area contributed by atoms with Gasteiger partial charge in [0.05, 0.1) is 10.9 Å². The van der Waals surface area contributed by atoms with Crippen molar-refractivity contribution in [2.45, 2.75) is 37.1 Å². The van der Waals surface area contributed by atoms with Crippen LogP contribution in [0.4, 0.5) is 8.78 Å². The van der Waals surface area contributed by atoms with E-state index in [1.54, 1.807) is 26.1 Å². The van der Waals surface area contributed by atoms with Gasteiger partial charge in [-0.2, -0.15) is 4.31 Å². The Bertz CT molecular complexity index is 1000. The molecule has 1 unspecified atom stereocenters. The average Bonchev–Trinajstić information content (AvgIpc) is 2.74. The average molecular weight is 422 g/mol. The van der Waals surface area contributed by atoms with Gasteiger partial charge in [-0.15, -0.1) is 0 Å². The Hall–Kier alpha value is -2.32. The number of benzene rings is 2. The van der Waals surface area contributed by atoms with E-state index in [1.807, 2.05) is 0 Å². The zero-order chi connectivity index (χ0) is 21.2. The SMILES string of the molecule is CC(c1ccc(F)c(F)c1)N(C)C(=O)c1cccc(S(=O)(=O)N2CCCCC2)c1. The van der Waals surface area contributed by atoms with Crippen LogP contribution in [0.25, 0.3) is 0 Å². The third kappa shape index (κ3) is 4.48. The predicted molar refractivity (Wildman–Crippen MR) is 106 cm³/mol. The van der Waals surface area contributed by atoms with Crippen molar-refractivity contribution >= 4 is 15.9 Å². The summed E-state index contributed by atoms with van der Waals surface area (Å²) < 4.78 is 53.9.